The summed E-state index contributed by atoms with van der Waals surface area (Å²) in [6, 6.07) is 13.8. The number of hydrogen-bond acceptors (Lipinski definition) is 4. The zero-order valence-electron chi connectivity index (χ0n) is 22.7. The summed E-state index contributed by atoms with van der Waals surface area (Å²) in [6.45, 7) is 11.0. The fraction of sp³-hybridized carbons (Fsp3) is 0.438. The summed E-state index contributed by atoms with van der Waals surface area (Å²) < 4.78 is 6.37. The molecule has 194 valence electrons. The van der Waals surface area contributed by atoms with Gasteiger partial charge < -0.3 is 9.64 Å². The van der Waals surface area contributed by atoms with Crippen LogP contribution in [-0.4, -0.2) is 23.5 Å². The molecule has 2 aromatic rings. The molecule has 2 aromatic carbocycles. The molecule has 3 aliphatic rings. The molecule has 0 amide bonds. The number of ether oxygens (including phenoxy) is 1. The van der Waals surface area contributed by atoms with E-state index in [4.69, 9.17) is 16.3 Å². The lowest BCUT2D eigenvalue weighted by Gasteiger charge is -2.48. The maximum atomic E-state index is 13.8. The van der Waals surface area contributed by atoms with Gasteiger partial charge in [0.05, 0.1) is 0 Å². The Labute approximate surface area is 225 Å². The van der Waals surface area contributed by atoms with Gasteiger partial charge in [0, 0.05) is 58.9 Å². The largest absolute Gasteiger partial charge is 0.489 e. The van der Waals surface area contributed by atoms with E-state index in [1.165, 1.54) is 5.56 Å². The molecular formula is C32H36ClNO3. The fourth-order valence-corrected chi connectivity index (χ4v) is 6.38. The average Bonchev–Trinajstić information content (AvgIpc) is 2.79. The second kappa shape index (κ2) is 9.16. The fourth-order valence-electron chi connectivity index (χ4n) is 6.20. The van der Waals surface area contributed by atoms with Crippen molar-refractivity contribution in [1.29, 1.82) is 0 Å². The first-order valence-electron chi connectivity index (χ1n) is 13.1. The number of halogens is 1. The summed E-state index contributed by atoms with van der Waals surface area (Å²) in [5, 5.41) is 0.563. The van der Waals surface area contributed by atoms with Crippen molar-refractivity contribution in [3.63, 3.8) is 0 Å². The Morgan fingerprint density at radius 1 is 0.865 bits per heavy atom. The number of benzene rings is 2. The predicted molar refractivity (Wildman–Crippen MR) is 148 cm³/mol. The highest BCUT2D eigenvalue weighted by atomic mass is 35.5. The summed E-state index contributed by atoms with van der Waals surface area (Å²) in [7, 11) is 2.02. The third-order valence-electron chi connectivity index (χ3n) is 7.98. The summed E-state index contributed by atoms with van der Waals surface area (Å²) in [5.41, 5.74) is 6.29. The molecule has 0 aromatic heterocycles. The lowest BCUT2D eigenvalue weighted by Crippen LogP contribution is -2.43. The SMILES string of the molecule is Cc1ccc(COc2ccc(Cl)cc2C2C3=C(CC(C)(C)CC3=O)N(C)C3=C2C(=O)CC(C)(C)C3)cc1. The van der Waals surface area contributed by atoms with Gasteiger partial charge in [0.1, 0.15) is 12.4 Å². The van der Waals surface area contributed by atoms with Gasteiger partial charge in [-0.3, -0.25) is 9.59 Å². The molecule has 5 heteroatoms. The van der Waals surface area contributed by atoms with Crippen LogP contribution in [-0.2, 0) is 16.2 Å². The van der Waals surface area contributed by atoms with Crippen LogP contribution >= 0.6 is 11.6 Å². The van der Waals surface area contributed by atoms with E-state index in [-0.39, 0.29) is 22.4 Å². The standard InChI is InChI=1S/C32H36ClNO3/c1-19-7-9-20(10-8-19)18-37-27-12-11-21(33)13-22(27)28-29-23(14-31(2,3)16-25(29)35)34(6)24-15-32(4,5)17-26(36)30(24)28/h7-13,28H,14-18H2,1-6H3. The number of ketones is 2. The van der Waals surface area contributed by atoms with E-state index in [9.17, 15) is 9.59 Å². The molecule has 0 unspecified atom stereocenters. The van der Waals surface area contributed by atoms with Crippen molar-refractivity contribution < 1.29 is 14.3 Å². The van der Waals surface area contributed by atoms with Crippen LogP contribution in [0.2, 0.25) is 5.02 Å². The second-order valence-electron chi connectivity index (χ2n) is 12.6. The zero-order valence-corrected chi connectivity index (χ0v) is 23.5. The van der Waals surface area contributed by atoms with Crippen LogP contribution in [0, 0.1) is 17.8 Å². The van der Waals surface area contributed by atoms with E-state index in [1.807, 2.05) is 25.2 Å². The number of carbonyl (C=O) groups is 2. The topological polar surface area (TPSA) is 46.6 Å². The molecule has 0 fully saturated rings. The van der Waals surface area contributed by atoms with Gasteiger partial charge in [-0.15, -0.1) is 0 Å². The van der Waals surface area contributed by atoms with Crippen LogP contribution in [0.15, 0.2) is 65.0 Å². The number of carbonyl (C=O) groups excluding carboxylic acids is 2. The smallest absolute Gasteiger partial charge is 0.162 e. The van der Waals surface area contributed by atoms with E-state index in [0.717, 1.165) is 46.5 Å². The van der Waals surface area contributed by atoms with Gasteiger partial charge in [0.2, 0.25) is 0 Å². The first-order valence-corrected chi connectivity index (χ1v) is 13.5. The molecule has 1 aliphatic heterocycles. The summed E-state index contributed by atoms with van der Waals surface area (Å²) >= 11 is 6.55. The highest BCUT2D eigenvalue weighted by molar-refractivity contribution is 6.30. The van der Waals surface area contributed by atoms with Crippen molar-refractivity contribution >= 4 is 23.2 Å². The first-order chi connectivity index (χ1) is 17.3. The van der Waals surface area contributed by atoms with Gasteiger partial charge in [-0.05, 0) is 54.4 Å². The Kier molecular flexibility index (Phi) is 6.39. The molecule has 0 atom stereocenters. The minimum atomic E-state index is -0.472. The van der Waals surface area contributed by atoms with Gasteiger partial charge in [-0.1, -0.05) is 69.1 Å². The van der Waals surface area contributed by atoms with Crippen LogP contribution in [0.4, 0.5) is 0 Å². The van der Waals surface area contributed by atoms with E-state index in [0.29, 0.717) is 30.2 Å². The summed E-state index contributed by atoms with van der Waals surface area (Å²) in [5.74, 6) is 0.405. The maximum absolute atomic E-state index is 13.8. The third-order valence-corrected chi connectivity index (χ3v) is 8.21. The minimum Gasteiger partial charge on any atom is -0.489 e. The number of Topliss-reactive ketones (excluding diaryl/α,β-unsaturated/α-hetero) is 2. The highest BCUT2D eigenvalue weighted by Gasteiger charge is 2.48. The number of allylic oxidation sites excluding steroid dienone is 4. The first kappa shape index (κ1) is 25.8. The van der Waals surface area contributed by atoms with Crippen molar-refractivity contribution in [1.82, 2.24) is 4.90 Å². The lowest BCUT2D eigenvalue weighted by atomic mass is 9.63. The van der Waals surface area contributed by atoms with Crippen molar-refractivity contribution in [2.75, 3.05) is 7.05 Å². The van der Waals surface area contributed by atoms with Gasteiger partial charge in [0.25, 0.3) is 0 Å². The summed E-state index contributed by atoms with van der Waals surface area (Å²) in [4.78, 5) is 29.7. The van der Waals surface area contributed by atoms with Gasteiger partial charge in [0.15, 0.2) is 11.6 Å². The van der Waals surface area contributed by atoms with Crippen molar-refractivity contribution in [3.8, 4) is 5.75 Å². The van der Waals surface area contributed by atoms with E-state index < -0.39 is 5.92 Å². The van der Waals surface area contributed by atoms with E-state index in [2.05, 4.69) is 63.8 Å². The van der Waals surface area contributed by atoms with Crippen LogP contribution in [0.1, 0.15) is 76.0 Å². The van der Waals surface area contributed by atoms with Crippen molar-refractivity contribution in [3.05, 3.63) is 86.7 Å². The molecule has 1 heterocycles. The number of aryl methyl sites for hydroxylation is 1. The zero-order chi connectivity index (χ0) is 26.7. The number of rotatable bonds is 4. The Balaban J connectivity index is 1.67. The molecule has 0 radical (unpaired) electrons. The van der Waals surface area contributed by atoms with E-state index >= 15 is 0 Å². The van der Waals surface area contributed by atoms with Crippen LogP contribution in [0.25, 0.3) is 0 Å². The van der Waals surface area contributed by atoms with E-state index in [1.54, 1.807) is 0 Å². The highest BCUT2D eigenvalue weighted by Crippen LogP contribution is 2.55. The molecule has 0 saturated heterocycles. The molecule has 0 saturated carbocycles. The quantitative estimate of drug-likeness (QED) is 0.420. The predicted octanol–water partition coefficient (Wildman–Crippen LogP) is 7.54. The third kappa shape index (κ3) is 4.88. The molecule has 0 bridgehead atoms. The molecule has 37 heavy (non-hydrogen) atoms. The monoisotopic (exact) mass is 517 g/mol. The van der Waals surface area contributed by atoms with Crippen molar-refractivity contribution in [2.45, 2.75) is 72.8 Å². The molecule has 4 nitrogen and oxygen atoms in total. The Morgan fingerprint density at radius 3 is 1.95 bits per heavy atom. The van der Waals surface area contributed by atoms with Gasteiger partial charge in [-0.25, -0.2) is 0 Å². The van der Waals surface area contributed by atoms with Crippen LogP contribution in [0.3, 0.4) is 0 Å². The Hall–Kier alpha value is -2.85. The molecule has 5 rings (SSSR count). The molecule has 2 aliphatic carbocycles. The van der Waals surface area contributed by atoms with Gasteiger partial charge >= 0.3 is 0 Å². The molecule has 0 spiro atoms. The number of hydrogen-bond donors (Lipinski definition) is 0. The summed E-state index contributed by atoms with van der Waals surface area (Å²) in [6.07, 6.45) is 2.48. The van der Waals surface area contributed by atoms with Crippen molar-refractivity contribution in [2.24, 2.45) is 10.8 Å². The Morgan fingerprint density at radius 2 is 1.41 bits per heavy atom. The Bertz CT molecular complexity index is 1290. The molecular weight excluding hydrogens is 482 g/mol. The number of nitrogens with zero attached hydrogens (tertiary/aromatic N) is 1. The normalized spacial score (nSPS) is 21.2. The molecule has 0 N–H and O–H groups in total. The van der Waals surface area contributed by atoms with Gasteiger partial charge in [-0.2, -0.15) is 0 Å². The minimum absolute atomic E-state index is 0.108. The van der Waals surface area contributed by atoms with Crippen LogP contribution < -0.4 is 4.74 Å². The maximum Gasteiger partial charge on any atom is 0.162 e. The lowest BCUT2D eigenvalue weighted by molar-refractivity contribution is -0.119. The second-order valence-corrected chi connectivity index (χ2v) is 13.0. The average molecular weight is 518 g/mol. The van der Waals surface area contributed by atoms with Crippen LogP contribution in [0.5, 0.6) is 5.75 Å².